The molecule has 0 saturated carbocycles. The van der Waals surface area contributed by atoms with Crippen LogP contribution in [0.5, 0.6) is 0 Å². The van der Waals surface area contributed by atoms with Gasteiger partial charge in [0.05, 0.1) is 12.6 Å². The van der Waals surface area contributed by atoms with Crippen LogP contribution in [-0.2, 0) is 11.3 Å². The minimum Gasteiger partial charge on any atom is -0.332 e. The van der Waals surface area contributed by atoms with E-state index in [0.717, 1.165) is 19.4 Å². The summed E-state index contributed by atoms with van der Waals surface area (Å²) < 4.78 is 0. The lowest BCUT2D eigenvalue weighted by Crippen LogP contribution is -2.45. The second-order valence-corrected chi connectivity index (χ2v) is 6.13. The van der Waals surface area contributed by atoms with Gasteiger partial charge in [0, 0.05) is 11.4 Å². The van der Waals surface area contributed by atoms with E-state index in [-0.39, 0.29) is 11.9 Å². The van der Waals surface area contributed by atoms with E-state index in [1.54, 1.807) is 17.4 Å². The van der Waals surface area contributed by atoms with E-state index in [1.165, 1.54) is 4.88 Å². The van der Waals surface area contributed by atoms with Gasteiger partial charge in [-0.25, -0.2) is 0 Å². The minimum absolute atomic E-state index is 0.0820. The van der Waals surface area contributed by atoms with Gasteiger partial charge in [0.25, 0.3) is 0 Å². The molecule has 3 nitrogen and oxygen atoms in total. The average molecular weight is 294 g/mol. The van der Waals surface area contributed by atoms with Crippen LogP contribution >= 0.6 is 11.3 Å². The van der Waals surface area contributed by atoms with E-state index in [4.69, 9.17) is 0 Å². The monoisotopic (exact) mass is 294 g/mol. The highest BCUT2D eigenvalue weighted by Gasteiger charge is 2.23. The van der Waals surface area contributed by atoms with Crippen LogP contribution in [-0.4, -0.2) is 41.9 Å². The Morgan fingerprint density at radius 2 is 2.30 bits per heavy atom. The number of thiophene rings is 1. The number of nitrogens with zero attached hydrogens (tertiary/aromatic N) is 2. The van der Waals surface area contributed by atoms with Crippen LogP contribution in [0.1, 0.15) is 31.6 Å². The van der Waals surface area contributed by atoms with E-state index in [9.17, 15) is 4.79 Å². The average Bonchev–Trinajstić information content (AvgIpc) is 2.95. The van der Waals surface area contributed by atoms with Gasteiger partial charge >= 0.3 is 0 Å². The van der Waals surface area contributed by atoms with Crippen LogP contribution in [0.15, 0.2) is 30.2 Å². The Kier molecular flexibility index (Phi) is 7.55. The molecule has 0 radical (unpaired) electrons. The summed E-state index contributed by atoms with van der Waals surface area (Å²) >= 11 is 1.69. The molecule has 1 aromatic rings. The third-order valence-electron chi connectivity index (χ3n) is 3.47. The topological polar surface area (TPSA) is 23.6 Å². The van der Waals surface area contributed by atoms with Crippen molar-refractivity contribution in [1.82, 2.24) is 9.80 Å². The van der Waals surface area contributed by atoms with Crippen molar-refractivity contribution in [1.29, 1.82) is 0 Å². The van der Waals surface area contributed by atoms with E-state index >= 15 is 0 Å². The van der Waals surface area contributed by atoms with Gasteiger partial charge in [-0.15, -0.1) is 17.9 Å². The fourth-order valence-corrected chi connectivity index (χ4v) is 2.75. The van der Waals surface area contributed by atoms with Crippen molar-refractivity contribution < 1.29 is 4.79 Å². The van der Waals surface area contributed by atoms with Crippen LogP contribution < -0.4 is 0 Å². The number of hydrogen-bond donors (Lipinski definition) is 0. The van der Waals surface area contributed by atoms with Gasteiger partial charge in [-0.2, -0.15) is 0 Å². The second kappa shape index (κ2) is 8.93. The number of carbonyl (C=O) groups is 1. The maximum absolute atomic E-state index is 12.6. The fourth-order valence-electron chi connectivity index (χ4n) is 2.03. The SMILES string of the molecule is C=CCN(Cc1cccs1)C(=O)C(C)N(C)CCCC. The molecule has 1 atom stereocenters. The smallest absolute Gasteiger partial charge is 0.240 e. The van der Waals surface area contributed by atoms with Crippen molar-refractivity contribution in [3.8, 4) is 0 Å². The largest absolute Gasteiger partial charge is 0.332 e. The van der Waals surface area contributed by atoms with Gasteiger partial charge in [-0.05, 0) is 38.4 Å². The Hall–Kier alpha value is -1.13. The summed E-state index contributed by atoms with van der Waals surface area (Å²) in [5.74, 6) is 0.178. The molecule has 0 bridgehead atoms. The zero-order valence-electron chi connectivity index (χ0n) is 12.8. The van der Waals surface area contributed by atoms with Crippen molar-refractivity contribution in [2.75, 3.05) is 20.1 Å². The summed E-state index contributed by atoms with van der Waals surface area (Å²) in [6, 6.07) is 4.01. The first kappa shape index (κ1) is 16.9. The van der Waals surface area contributed by atoms with E-state index in [2.05, 4.69) is 24.5 Å². The first-order valence-electron chi connectivity index (χ1n) is 7.22. The Balaban J connectivity index is 2.64. The lowest BCUT2D eigenvalue weighted by Gasteiger charge is -2.29. The van der Waals surface area contributed by atoms with Gasteiger partial charge < -0.3 is 4.90 Å². The summed E-state index contributed by atoms with van der Waals surface area (Å²) in [4.78, 5) is 17.8. The third kappa shape index (κ3) is 5.10. The lowest BCUT2D eigenvalue weighted by molar-refractivity contribution is -0.136. The first-order valence-corrected chi connectivity index (χ1v) is 8.10. The molecule has 20 heavy (non-hydrogen) atoms. The molecule has 1 amide bonds. The maximum atomic E-state index is 12.6. The Morgan fingerprint density at radius 1 is 1.55 bits per heavy atom. The molecular weight excluding hydrogens is 268 g/mol. The summed E-state index contributed by atoms with van der Waals surface area (Å²) in [7, 11) is 2.02. The highest BCUT2D eigenvalue weighted by molar-refractivity contribution is 7.09. The second-order valence-electron chi connectivity index (χ2n) is 5.10. The summed E-state index contributed by atoms with van der Waals surface area (Å²) in [6.45, 7) is 10.2. The molecule has 0 fully saturated rings. The molecule has 0 aliphatic heterocycles. The van der Waals surface area contributed by atoms with E-state index in [0.29, 0.717) is 13.1 Å². The van der Waals surface area contributed by atoms with Gasteiger partial charge in [-0.3, -0.25) is 9.69 Å². The zero-order valence-corrected chi connectivity index (χ0v) is 13.7. The van der Waals surface area contributed by atoms with E-state index in [1.807, 2.05) is 30.3 Å². The normalized spacial score (nSPS) is 12.4. The van der Waals surface area contributed by atoms with Gasteiger partial charge in [0.2, 0.25) is 5.91 Å². The molecular formula is C16H26N2OS. The quantitative estimate of drug-likeness (QED) is 0.652. The van der Waals surface area contributed by atoms with Crippen molar-refractivity contribution in [2.24, 2.45) is 0 Å². The first-order chi connectivity index (χ1) is 9.60. The maximum Gasteiger partial charge on any atom is 0.240 e. The number of likely N-dealkylation sites (N-methyl/N-ethyl adjacent to an activating group) is 1. The molecule has 0 aromatic carbocycles. The zero-order chi connectivity index (χ0) is 15.0. The predicted octanol–water partition coefficient (Wildman–Crippen LogP) is 3.38. The van der Waals surface area contributed by atoms with Gasteiger partial charge in [0.15, 0.2) is 0 Å². The van der Waals surface area contributed by atoms with Crippen LogP contribution in [0, 0.1) is 0 Å². The third-order valence-corrected chi connectivity index (χ3v) is 4.33. The predicted molar refractivity (Wildman–Crippen MR) is 86.9 cm³/mol. The van der Waals surface area contributed by atoms with Crippen LogP contribution in [0.25, 0.3) is 0 Å². The van der Waals surface area contributed by atoms with E-state index < -0.39 is 0 Å². The fraction of sp³-hybridized carbons (Fsp3) is 0.562. The lowest BCUT2D eigenvalue weighted by atomic mass is 10.2. The van der Waals surface area contributed by atoms with Crippen molar-refractivity contribution in [2.45, 2.75) is 39.3 Å². The van der Waals surface area contributed by atoms with Crippen molar-refractivity contribution in [3.63, 3.8) is 0 Å². The summed E-state index contributed by atoms with van der Waals surface area (Å²) in [6.07, 6.45) is 4.07. The molecule has 1 heterocycles. The molecule has 1 unspecified atom stereocenters. The molecule has 0 aliphatic carbocycles. The molecule has 112 valence electrons. The van der Waals surface area contributed by atoms with Gasteiger partial charge in [-0.1, -0.05) is 25.5 Å². The van der Waals surface area contributed by atoms with Crippen LogP contribution in [0.3, 0.4) is 0 Å². The molecule has 0 N–H and O–H groups in total. The number of carbonyl (C=O) groups excluding carboxylic acids is 1. The summed E-state index contributed by atoms with van der Waals surface area (Å²) in [5, 5.41) is 2.04. The Labute approximate surface area is 126 Å². The molecule has 1 aromatic heterocycles. The minimum atomic E-state index is -0.0820. The molecule has 1 rings (SSSR count). The van der Waals surface area contributed by atoms with Crippen molar-refractivity contribution in [3.05, 3.63) is 35.0 Å². The highest BCUT2D eigenvalue weighted by atomic mass is 32.1. The summed E-state index contributed by atoms with van der Waals surface area (Å²) in [5.41, 5.74) is 0. The standard InChI is InChI=1S/C16H26N2OS/c1-5-7-11-17(4)14(3)16(19)18(10-6-2)13-15-9-8-12-20-15/h6,8-9,12,14H,2,5,7,10-11,13H2,1,3-4H3. The van der Waals surface area contributed by atoms with Crippen LogP contribution in [0.2, 0.25) is 0 Å². The molecule has 4 heteroatoms. The number of unbranched alkanes of at least 4 members (excludes halogenated alkanes) is 1. The van der Waals surface area contributed by atoms with Gasteiger partial charge in [0.1, 0.15) is 0 Å². The molecule has 0 spiro atoms. The number of amides is 1. The van der Waals surface area contributed by atoms with Crippen molar-refractivity contribution >= 4 is 17.2 Å². The number of hydrogen-bond acceptors (Lipinski definition) is 3. The van der Waals surface area contributed by atoms with Crippen LogP contribution in [0.4, 0.5) is 0 Å². The highest BCUT2D eigenvalue weighted by Crippen LogP contribution is 2.14. The Morgan fingerprint density at radius 3 is 2.85 bits per heavy atom. The number of rotatable bonds is 9. The molecule has 0 saturated heterocycles. The Bertz CT molecular complexity index is 403. The molecule has 0 aliphatic rings.